The van der Waals surface area contributed by atoms with Gasteiger partial charge in [0.25, 0.3) is 0 Å². The first-order chi connectivity index (χ1) is 11.1. The second kappa shape index (κ2) is 7.48. The highest BCUT2D eigenvalue weighted by Gasteiger charge is 2.36. The number of hydrogen-bond donors (Lipinski definition) is 2. The van der Waals surface area contributed by atoms with Crippen LogP contribution in [0.3, 0.4) is 0 Å². The highest BCUT2D eigenvalue weighted by molar-refractivity contribution is 5.79. The topological polar surface area (TPSA) is 79.2 Å². The predicted octanol–water partition coefficient (Wildman–Crippen LogP) is 1.26. The molecule has 1 fully saturated rings. The van der Waals surface area contributed by atoms with Crippen molar-refractivity contribution in [3.8, 4) is 17.2 Å². The van der Waals surface area contributed by atoms with Gasteiger partial charge in [0, 0.05) is 43.2 Å². The third kappa shape index (κ3) is 3.33. The zero-order valence-electron chi connectivity index (χ0n) is 13.7. The number of carbonyl (C=O) groups is 1. The van der Waals surface area contributed by atoms with E-state index >= 15 is 0 Å². The lowest BCUT2D eigenvalue weighted by Gasteiger charge is -2.23. The monoisotopic (exact) mass is 321 g/mol. The van der Waals surface area contributed by atoms with Gasteiger partial charge in [-0.15, -0.1) is 0 Å². The molecule has 126 valence electrons. The Morgan fingerprint density at radius 1 is 1.30 bits per heavy atom. The summed E-state index contributed by atoms with van der Waals surface area (Å²) < 4.78 is 10.7. The van der Waals surface area contributed by atoms with Gasteiger partial charge in [-0.2, -0.15) is 0 Å². The summed E-state index contributed by atoms with van der Waals surface area (Å²) in [6.07, 6.45) is 3.46. The number of likely N-dealkylation sites (tertiary alicyclic amines) is 1. The fraction of sp³-hybridized carbons (Fsp3) is 0.471. The average molecular weight is 321 g/mol. The number of phenolic OH excluding ortho intramolecular Hbond substituents is 1. The van der Waals surface area contributed by atoms with Crippen molar-refractivity contribution in [1.29, 1.82) is 0 Å². The molecule has 2 N–H and O–H groups in total. The largest absolute Gasteiger partial charge is 0.507 e. The van der Waals surface area contributed by atoms with Gasteiger partial charge in [0.1, 0.15) is 23.5 Å². The van der Waals surface area contributed by atoms with Gasteiger partial charge in [0.05, 0.1) is 19.8 Å². The van der Waals surface area contributed by atoms with Crippen molar-refractivity contribution < 1.29 is 24.5 Å². The van der Waals surface area contributed by atoms with Crippen LogP contribution in [-0.4, -0.2) is 62.4 Å². The smallest absolute Gasteiger partial charge is 0.142 e. The number of nitrogens with zero attached hydrogens (tertiary/aromatic N) is 1. The molecule has 0 aliphatic carbocycles. The summed E-state index contributed by atoms with van der Waals surface area (Å²) in [5.41, 5.74) is 1.07. The highest BCUT2D eigenvalue weighted by atomic mass is 16.5. The Morgan fingerprint density at radius 2 is 2.00 bits per heavy atom. The van der Waals surface area contributed by atoms with E-state index in [4.69, 9.17) is 9.47 Å². The molecule has 2 rings (SSSR count). The Labute approximate surface area is 135 Å². The maximum absolute atomic E-state index is 10.8. The number of aliphatic hydroxyl groups excluding tert-OH is 1. The van der Waals surface area contributed by atoms with Crippen LogP contribution in [0.5, 0.6) is 17.2 Å². The van der Waals surface area contributed by atoms with Gasteiger partial charge < -0.3 is 24.6 Å². The summed E-state index contributed by atoms with van der Waals surface area (Å²) in [5.74, 6) is 0.915. The Bertz CT molecular complexity index is 599. The van der Waals surface area contributed by atoms with E-state index in [1.54, 1.807) is 6.07 Å². The van der Waals surface area contributed by atoms with Gasteiger partial charge in [0.15, 0.2) is 0 Å². The summed E-state index contributed by atoms with van der Waals surface area (Å²) in [6.45, 7) is 1.48. The van der Waals surface area contributed by atoms with E-state index in [1.807, 2.05) is 7.05 Å². The van der Waals surface area contributed by atoms with Crippen LogP contribution in [0.4, 0.5) is 0 Å². The molecule has 0 bridgehead atoms. The van der Waals surface area contributed by atoms with Crippen molar-refractivity contribution >= 4 is 12.4 Å². The predicted molar refractivity (Wildman–Crippen MR) is 87.1 cm³/mol. The number of aldehydes is 1. The fourth-order valence-electron chi connectivity index (χ4n) is 3.24. The quantitative estimate of drug-likeness (QED) is 0.606. The molecule has 2 atom stereocenters. The number of aromatic hydroxyl groups is 1. The average Bonchev–Trinajstić information content (AvgIpc) is 2.93. The van der Waals surface area contributed by atoms with Crippen molar-refractivity contribution in [2.75, 3.05) is 41.0 Å². The van der Waals surface area contributed by atoms with E-state index in [9.17, 15) is 15.0 Å². The van der Waals surface area contributed by atoms with Crippen molar-refractivity contribution in [1.82, 2.24) is 4.90 Å². The fourth-order valence-corrected chi connectivity index (χ4v) is 3.24. The molecule has 0 aromatic heterocycles. The minimum absolute atomic E-state index is 0.0103. The minimum Gasteiger partial charge on any atom is -0.507 e. The molecule has 1 heterocycles. The molecule has 0 saturated carbocycles. The molecular weight excluding hydrogens is 298 g/mol. The zero-order valence-corrected chi connectivity index (χ0v) is 13.7. The number of phenols is 1. The molecule has 0 radical (unpaired) electrons. The molecule has 1 aliphatic rings. The third-order valence-corrected chi connectivity index (χ3v) is 4.31. The molecular formula is C17H23NO5. The number of allylic oxidation sites excluding steroid dienone is 1. The van der Waals surface area contributed by atoms with Crippen molar-refractivity contribution in [3.63, 3.8) is 0 Å². The third-order valence-electron chi connectivity index (χ3n) is 4.31. The lowest BCUT2D eigenvalue weighted by molar-refractivity contribution is -0.104. The molecule has 6 heteroatoms. The Kier molecular flexibility index (Phi) is 5.63. The number of aliphatic hydroxyl groups is 1. The molecule has 1 aliphatic heterocycles. The van der Waals surface area contributed by atoms with Crippen LogP contribution >= 0.6 is 0 Å². The lowest BCUT2D eigenvalue weighted by atomic mass is 9.86. The molecule has 1 aromatic carbocycles. The number of benzene rings is 1. The van der Waals surface area contributed by atoms with Crippen LogP contribution in [0.25, 0.3) is 6.08 Å². The molecule has 6 nitrogen and oxygen atoms in total. The number of carbonyl (C=O) groups excluding carboxylic acids is 1. The lowest BCUT2D eigenvalue weighted by Crippen LogP contribution is -2.16. The summed E-state index contributed by atoms with van der Waals surface area (Å²) in [4.78, 5) is 12.7. The number of hydrogen-bond acceptors (Lipinski definition) is 6. The van der Waals surface area contributed by atoms with Crippen molar-refractivity contribution in [2.45, 2.75) is 5.92 Å². The van der Waals surface area contributed by atoms with E-state index in [-0.39, 0.29) is 24.2 Å². The van der Waals surface area contributed by atoms with Crippen molar-refractivity contribution in [3.05, 3.63) is 23.3 Å². The van der Waals surface area contributed by atoms with Crippen molar-refractivity contribution in [2.24, 2.45) is 5.92 Å². The van der Waals surface area contributed by atoms with Gasteiger partial charge in [-0.3, -0.25) is 4.79 Å². The second-order valence-electron chi connectivity index (χ2n) is 5.72. The standard InChI is InChI=1S/C17H23NO5/c1-18-8-11(10-20)13(9-18)16-15(23-3)7-14(22-2)12(17(16)21)5-4-6-19/h4-7,11,13,20-21H,8-10H2,1-3H3. The number of ether oxygens (including phenoxy) is 2. The van der Waals surface area contributed by atoms with Gasteiger partial charge in [-0.1, -0.05) is 0 Å². The number of likely N-dealkylation sites (N-methyl/N-ethyl adjacent to an activating group) is 1. The van der Waals surface area contributed by atoms with E-state index in [1.165, 1.54) is 26.4 Å². The maximum Gasteiger partial charge on any atom is 0.142 e. The van der Waals surface area contributed by atoms with Crippen LogP contribution in [0.2, 0.25) is 0 Å². The first-order valence-corrected chi connectivity index (χ1v) is 7.46. The van der Waals surface area contributed by atoms with E-state index in [0.717, 1.165) is 6.54 Å². The van der Waals surface area contributed by atoms with Gasteiger partial charge in [-0.25, -0.2) is 0 Å². The van der Waals surface area contributed by atoms with Crippen LogP contribution in [0, 0.1) is 5.92 Å². The Morgan fingerprint density at radius 3 is 2.57 bits per heavy atom. The SMILES string of the molecule is COc1cc(OC)c(C2CN(C)CC2CO)c(O)c1C=CC=O. The van der Waals surface area contributed by atoms with E-state index in [0.29, 0.717) is 35.5 Å². The zero-order chi connectivity index (χ0) is 17.0. The molecule has 0 spiro atoms. The van der Waals surface area contributed by atoms with Crippen LogP contribution in [0.15, 0.2) is 12.1 Å². The molecule has 2 unspecified atom stereocenters. The van der Waals surface area contributed by atoms with E-state index < -0.39 is 0 Å². The van der Waals surface area contributed by atoms with Crippen LogP contribution < -0.4 is 9.47 Å². The minimum atomic E-state index is -0.0609. The highest BCUT2D eigenvalue weighted by Crippen LogP contribution is 2.47. The molecule has 0 amide bonds. The number of methoxy groups -OCH3 is 2. The summed E-state index contributed by atoms with van der Waals surface area (Å²) in [6, 6.07) is 1.70. The Balaban J connectivity index is 2.61. The van der Waals surface area contributed by atoms with Gasteiger partial charge in [0.2, 0.25) is 0 Å². The van der Waals surface area contributed by atoms with Gasteiger partial charge >= 0.3 is 0 Å². The summed E-state index contributed by atoms with van der Waals surface area (Å²) in [5, 5.41) is 20.4. The summed E-state index contributed by atoms with van der Waals surface area (Å²) >= 11 is 0. The Hall–Kier alpha value is -2.05. The second-order valence-corrected chi connectivity index (χ2v) is 5.72. The first kappa shape index (κ1) is 17.3. The van der Waals surface area contributed by atoms with Gasteiger partial charge in [-0.05, 0) is 19.2 Å². The molecule has 1 saturated heterocycles. The molecule has 1 aromatic rings. The van der Waals surface area contributed by atoms with E-state index in [2.05, 4.69) is 4.90 Å². The first-order valence-electron chi connectivity index (χ1n) is 7.46. The van der Waals surface area contributed by atoms with Crippen LogP contribution in [-0.2, 0) is 4.79 Å². The molecule has 23 heavy (non-hydrogen) atoms. The summed E-state index contributed by atoms with van der Waals surface area (Å²) in [7, 11) is 5.00. The van der Waals surface area contributed by atoms with Crippen LogP contribution in [0.1, 0.15) is 17.0 Å². The maximum atomic E-state index is 10.8. The normalized spacial score (nSPS) is 21.7. The number of rotatable bonds is 6.